The number of rotatable bonds is 2. The van der Waals surface area contributed by atoms with E-state index in [9.17, 15) is 4.79 Å². The lowest BCUT2D eigenvalue weighted by atomic mass is 10.4. The second-order valence-electron chi connectivity index (χ2n) is 4.07. The summed E-state index contributed by atoms with van der Waals surface area (Å²) in [7, 11) is 3.50. The number of hydrogen-bond acceptors (Lipinski definition) is 6. The van der Waals surface area contributed by atoms with Gasteiger partial charge >= 0.3 is 0 Å². The second kappa shape index (κ2) is 5.34. The fourth-order valence-corrected chi connectivity index (χ4v) is 1.91. The average molecular weight is 271 g/mol. The minimum absolute atomic E-state index is 0.0510. The Balaban J connectivity index is 2.24. The molecule has 0 aliphatic carbocycles. The molecule has 1 fully saturated rings. The summed E-state index contributed by atoms with van der Waals surface area (Å²) < 4.78 is 0. The Bertz CT molecular complexity index is 454. The number of carbonyl (C=O) groups excluding carboxylic acids is 1. The fraction of sp³-hybridized carbons (Fsp3) is 0.600. The molecule has 0 radical (unpaired) electrons. The van der Waals surface area contributed by atoms with Crippen LogP contribution in [0.25, 0.3) is 0 Å². The van der Waals surface area contributed by atoms with Gasteiger partial charge in [0.15, 0.2) is 0 Å². The molecule has 0 atom stereocenters. The van der Waals surface area contributed by atoms with Crippen molar-refractivity contribution in [3.05, 3.63) is 5.28 Å². The first-order valence-electron chi connectivity index (χ1n) is 5.68. The molecule has 1 aliphatic heterocycles. The van der Waals surface area contributed by atoms with Crippen LogP contribution in [-0.2, 0) is 4.79 Å². The molecular formula is C10H15ClN6O. The number of carbonyl (C=O) groups is 1. The van der Waals surface area contributed by atoms with Crippen LogP contribution in [0.15, 0.2) is 0 Å². The number of hydrogen-bond donors (Lipinski definition) is 1. The Labute approximate surface area is 110 Å². The zero-order chi connectivity index (χ0) is 13.1. The summed E-state index contributed by atoms with van der Waals surface area (Å²) in [6, 6.07) is 0. The van der Waals surface area contributed by atoms with Crippen molar-refractivity contribution >= 4 is 29.4 Å². The highest BCUT2D eigenvalue weighted by Crippen LogP contribution is 2.15. The van der Waals surface area contributed by atoms with E-state index in [1.165, 1.54) is 0 Å². The van der Waals surface area contributed by atoms with Crippen molar-refractivity contribution in [1.82, 2.24) is 19.9 Å². The van der Waals surface area contributed by atoms with E-state index in [0.717, 1.165) is 19.5 Å². The van der Waals surface area contributed by atoms with Gasteiger partial charge in [-0.2, -0.15) is 15.0 Å². The molecule has 0 unspecified atom stereocenters. The summed E-state index contributed by atoms with van der Waals surface area (Å²) in [5, 5.41) is 2.93. The summed E-state index contributed by atoms with van der Waals surface area (Å²) in [5.74, 6) is 0.882. The Kier molecular flexibility index (Phi) is 3.81. The van der Waals surface area contributed by atoms with Gasteiger partial charge in [-0.25, -0.2) is 0 Å². The molecule has 8 heteroatoms. The van der Waals surface area contributed by atoms with Crippen LogP contribution in [0.2, 0.25) is 5.28 Å². The average Bonchev–Trinajstić information content (AvgIpc) is 2.51. The first kappa shape index (κ1) is 12.8. The molecule has 98 valence electrons. The number of anilines is 2. The van der Waals surface area contributed by atoms with Crippen LogP contribution in [0, 0.1) is 0 Å². The van der Waals surface area contributed by atoms with E-state index in [0.29, 0.717) is 11.9 Å². The van der Waals surface area contributed by atoms with Gasteiger partial charge in [0, 0.05) is 27.2 Å². The number of amides is 1. The van der Waals surface area contributed by atoms with Gasteiger partial charge in [0.05, 0.1) is 6.54 Å². The molecule has 1 aromatic heterocycles. The molecule has 2 heterocycles. The lowest BCUT2D eigenvalue weighted by Gasteiger charge is -2.19. The maximum atomic E-state index is 11.8. The van der Waals surface area contributed by atoms with Gasteiger partial charge in [0.2, 0.25) is 23.1 Å². The summed E-state index contributed by atoms with van der Waals surface area (Å²) in [6.07, 6.45) is 0.875. The monoisotopic (exact) mass is 270 g/mol. The third-order valence-corrected chi connectivity index (χ3v) is 2.95. The van der Waals surface area contributed by atoms with E-state index >= 15 is 0 Å². The molecule has 2 rings (SSSR count). The first-order valence-corrected chi connectivity index (χ1v) is 6.06. The van der Waals surface area contributed by atoms with Crippen LogP contribution < -0.4 is 10.2 Å². The number of likely N-dealkylation sites (N-methyl/N-ethyl adjacent to an activating group) is 1. The highest BCUT2D eigenvalue weighted by atomic mass is 35.5. The van der Waals surface area contributed by atoms with Gasteiger partial charge in [-0.05, 0) is 18.0 Å². The topological polar surface area (TPSA) is 74.2 Å². The molecule has 0 saturated carbocycles. The van der Waals surface area contributed by atoms with Crippen molar-refractivity contribution in [1.29, 1.82) is 0 Å². The lowest BCUT2D eigenvalue weighted by Crippen LogP contribution is -2.35. The third-order valence-electron chi connectivity index (χ3n) is 2.78. The van der Waals surface area contributed by atoms with Crippen LogP contribution in [0.4, 0.5) is 11.9 Å². The minimum Gasteiger partial charge on any atom is -0.357 e. The van der Waals surface area contributed by atoms with Crippen LogP contribution in [0.3, 0.4) is 0 Å². The summed E-state index contributed by atoms with van der Waals surface area (Å²) in [4.78, 5) is 27.5. The largest absolute Gasteiger partial charge is 0.357 e. The first-order chi connectivity index (χ1) is 8.60. The Morgan fingerprint density at radius 1 is 1.28 bits per heavy atom. The van der Waals surface area contributed by atoms with E-state index in [1.54, 1.807) is 19.0 Å². The number of aromatic nitrogens is 3. The van der Waals surface area contributed by atoms with Gasteiger partial charge in [0.25, 0.3) is 0 Å². The lowest BCUT2D eigenvalue weighted by molar-refractivity contribution is -0.127. The normalized spacial score (nSPS) is 16.7. The summed E-state index contributed by atoms with van der Waals surface area (Å²) in [5.41, 5.74) is 0. The number of nitrogens with zero attached hydrogens (tertiary/aromatic N) is 5. The fourth-order valence-electron chi connectivity index (χ4n) is 1.75. The van der Waals surface area contributed by atoms with Gasteiger partial charge in [-0.15, -0.1) is 0 Å². The third kappa shape index (κ3) is 2.79. The molecule has 1 aromatic rings. The van der Waals surface area contributed by atoms with Crippen LogP contribution in [0.5, 0.6) is 0 Å². The minimum atomic E-state index is 0.0510. The molecule has 1 aliphatic rings. The van der Waals surface area contributed by atoms with E-state index in [-0.39, 0.29) is 17.7 Å². The van der Waals surface area contributed by atoms with Crippen molar-refractivity contribution < 1.29 is 4.79 Å². The van der Waals surface area contributed by atoms with E-state index < -0.39 is 0 Å². The molecular weight excluding hydrogens is 256 g/mol. The predicted octanol–water partition coefficient (Wildman–Crippen LogP) is 0.235. The highest BCUT2D eigenvalue weighted by Gasteiger charge is 2.21. The van der Waals surface area contributed by atoms with Crippen LogP contribution >= 0.6 is 11.6 Å². The van der Waals surface area contributed by atoms with E-state index in [4.69, 9.17) is 11.6 Å². The molecule has 1 amide bonds. The van der Waals surface area contributed by atoms with Crippen molar-refractivity contribution in [2.75, 3.05) is 43.9 Å². The van der Waals surface area contributed by atoms with Crippen LogP contribution in [-0.4, -0.2) is 59.5 Å². The maximum absolute atomic E-state index is 11.8. The SMILES string of the molecule is CNc1nc(Cl)nc(N2CCCN(C)C(=O)C2)n1. The van der Waals surface area contributed by atoms with Gasteiger partial charge in [-0.1, -0.05) is 0 Å². The van der Waals surface area contributed by atoms with Crippen molar-refractivity contribution in [3.8, 4) is 0 Å². The van der Waals surface area contributed by atoms with E-state index in [2.05, 4.69) is 20.3 Å². The molecule has 0 aromatic carbocycles. The van der Waals surface area contributed by atoms with Crippen molar-refractivity contribution in [2.45, 2.75) is 6.42 Å². The Morgan fingerprint density at radius 2 is 2.06 bits per heavy atom. The van der Waals surface area contributed by atoms with Crippen LogP contribution in [0.1, 0.15) is 6.42 Å². The molecule has 1 saturated heterocycles. The Morgan fingerprint density at radius 3 is 2.78 bits per heavy atom. The zero-order valence-corrected chi connectivity index (χ0v) is 11.1. The quantitative estimate of drug-likeness (QED) is 0.830. The van der Waals surface area contributed by atoms with Gasteiger partial charge in [-0.3, -0.25) is 4.79 Å². The zero-order valence-electron chi connectivity index (χ0n) is 10.4. The second-order valence-corrected chi connectivity index (χ2v) is 4.41. The maximum Gasteiger partial charge on any atom is 0.241 e. The molecule has 18 heavy (non-hydrogen) atoms. The smallest absolute Gasteiger partial charge is 0.241 e. The number of halogens is 1. The summed E-state index contributed by atoms with van der Waals surface area (Å²) >= 11 is 5.83. The molecule has 7 nitrogen and oxygen atoms in total. The molecule has 0 spiro atoms. The number of nitrogens with one attached hydrogen (secondary N) is 1. The molecule has 0 bridgehead atoms. The molecule has 1 N–H and O–H groups in total. The van der Waals surface area contributed by atoms with Gasteiger partial charge < -0.3 is 15.1 Å². The van der Waals surface area contributed by atoms with E-state index in [1.807, 2.05) is 4.90 Å². The van der Waals surface area contributed by atoms with Gasteiger partial charge in [0.1, 0.15) is 0 Å². The van der Waals surface area contributed by atoms with Crippen molar-refractivity contribution in [3.63, 3.8) is 0 Å². The summed E-state index contributed by atoms with van der Waals surface area (Å²) in [6.45, 7) is 1.73. The predicted molar refractivity (Wildman–Crippen MR) is 68.9 cm³/mol. The highest BCUT2D eigenvalue weighted by molar-refractivity contribution is 6.28. The standard InChI is InChI=1S/C10H15ClN6O/c1-12-9-13-8(11)14-10(15-9)17-5-3-4-16(2)7(18)6-17/h3-6H2,1-2H3,(H,12,13,14,15). The van der Waals surface area contributed by atoms with Crippen molar-refractivity contribution in [2.24, 2.45) is 0 Å². The Hall–Kier alpha value is -1.63.